The van der Waals surface area contributed by atoms with Crippen LogP contribution in [-0.2, 0) is 0 Å². The van der Waals surface area contributed by atoms with Gasteiger partial charge in [0, 0.05) is 29.1 Å². The van der Waals surface area contributed by atoms with Gasteiger partial charge in [-0.05, 0) is 31.5 Å². The number of carbonyl (C=O) groups excluding carboxylic acids is 1. The van der Waals surface area contributed by atoms with Crippen molar-refractivity contribution in [2.45, 2.75) is 18.7 Å². The highest BCUT2D eigenvalue weighted by Gasteiger charge is 2.09. The van der Waals surface area contributed by atoms with Crippen molar-refractivity contribution in [3.8, 4) is 0 Å². The largest absolute Gasteiger partial charge is 0.352 e. The zero-order valence-electron chi connectivity index (χ0n) is 10.2. The Labute approximate surface area is 111 Å². The first-order chi connectivity index (χ1) is 8.68. The number of benzene rings is 1. The molecule has 1 heterocycles. The lowest BCUT2D eigenvalue weighted by Gasteiger charge is -2.08. The van der Waals surface area contributed by atoms with E-state index in [0.29, 0.717) is 12.1 Å². The number of hydrogen-bond acceptors (Lipinski definition) is 2. The third kappa shape index (κ3) is 2.99. The number of nitrogens with one attached hydrogen (secondary N) is 1. The van der Waals surface area contributed by atoms with Crippen LogP contribution in [-0.4, -0.2) is 22.8 Å². The molecule has 94 valence electrons. The molecule has 0 aliphatic rings. The monoisotopic (exact) mass is 262 g/mol. The second-order valence-electron chi connectivity index (χ2n) is 4.20. The van der Waals surface area contributed by atoms with Gasteiger partial charge in [-0.3, -0.25) is 9.78 Å². The molecule has 0 saturated heterocycles. The van der Waals surface area contributed by atoms with Gasteiger partial charge in [0.05, 0.1) is 5.52 Å². The third-order valence-corrected chi connectivity index (χ3v) is 2.94. The number of alkyl halides is 1. The quantitative estimate of drug-likeness (QED) is 0.861. The van der Waals surface area contributed by atoms with Crippen molar-refractivity contribution >= 4 is 28.4 Å². The summed E-state index contributed by atoms with van der Waals surface area (Å²) in [6, 6.07) is 9.28. The summed E-state index contributed by atoms with van der Waals surface area (Å²) in [4.78, 5) is 16.3. The average molecular weight is 263 g/mol. The van der Waals surface area contributed by atoms with E-state index < -0.39 is 0 Å². The minimum absolute atomic E-state index is 0.0690. The van der Waals surface area contributed by atoms with E-state index in [-0.39, 0.29) is 11.3 Å². The first-order valence-electron chi connectivity index (χ1n) is 5.94. The van der Waals surface area contributed by atoms with Crippen LogP contribution in [0.25, 0.3) is 10.9 Å². The summed E-state index contributed by atoms with van der Waals surface area (Å²) in [5.74, 6) is -0.0779. The number of halogens is 1. The van der Waals surface area contributed by atoms with Gasteiger partial charge in [-0.1, -0.05) is 12.1 Å². The fourth-order valence-electron chi connectivity index (χ4n) is 1.78. The van der Waals surface area contributed by atoms with Crippen molar-refractivity contribution in [3.05, 3.63) is 42.1 Å². The molecule has 0 bridgehead atoms. The highest BCUT2D eigenvalue weighted by atomic mass is 35.5. The molecule has 1 aromatic heterocycles. The summed E-state index contributed by atoms with van der Waals surface area (Å²) >= 11 is 5.84. The number of hydrogen-bond donors (Lipinski definition) is 1. The number of aromatic nitrogens is 1. The Bertz CT molecular complexity index is 549. The molecule has 1 unspecified atom stereocenters. The smallest absolute Gasteiger partial charge is 0.251 e. The van der Waals surface area contributed by atoms with Crippen molar-refractivity contribution in [3.63, 3.8) is 0 Å². The zero-order valence-corrected chi connectivity index (χ0v) is 10.9. The van der Waals surface area contributed by atoms with Gasteiger partial charge in [0.2, 0.25) is 0 Å². The first-order valence-corrected chi connectivity index (χ1v) is 6.38. The molecule has 2 aromatic rings. The van der Waals surface area contributed by atoms with E-state index in [2.05, 4.69) is 10.3 Å². The lowest BCUT2D eigenvalue weighted by atomic mass is 10.1. The maximum atomic E-state index is 12.1. The van der Waals surface area contributed by atoms with Crippen LogP contribution in [0.1, 0.15) is 23.7 Å². The number of carbonyl (C=O) groups is 1. The molecule has 1 amide bonds. The predicted octanol–water partition coefficient (Wildman–Crippen LogP) is 2.98. The third-order valence-electron chi connectivity index (χ3n) is 2.72. The van der Waals surface area contributed by atoms with E-state index in [1.807, 2.05) is 37.3 Å². The Hall–Kier alpha value is -1.61. The molecule has 2 rings (SSSR count). The Balaban J connectivity index is 2.17. The molecule has 1 N–H and O–H groups in total. The van der Waals surface area contributed by atoms with Crippen LogP contribution < -0.4 is 5.32 Å². The van der Waals surface area contributed by atoms with Crippen molar-refractivity contribution in [2.24, 2.45) is 0 Å². The SMILES string of the molecule is CC(Cl)CCNC(=O)c1cccc2ncccc12. The second kappa shape index (κ2) is 5.83. The van der Waals surface area contributed by atoms with E-state index in [1.54, 1.807) is 6.20 Å². The molecule has 18 heavy (non-hydrogen) atoms. The van der Waals surface area contributed by atoms with Gasteiger partial charge >= 0.3 is 0 Å². The summed E-state index contributed by atoms with van der Waals surface area (Å²) in [7, 11) is 0. The van der Waals surface area contributed by atoms with Gasteiger partial charge in [-0.15, -0.1) is 11.6 Å². The molecule has 3 nitrogen and oxygen atoms in total. The first kappa shape index (κ1) is 12.8. The van der Waals surface area contributed by atoms with E-state index >= 15 is 0 Å². The maximum Gasteiger partial charge on any atom is 0.251 e. The number of nitrogens with zero attached hydrogens (tertiary/aromatic N) is 1. The fraction of sp³-hybridized carbons (Fsp3) is 0.286. The summed E-state index contributed by atoms with van der Waals surface area (Å²) in [5, 5.41) is 3.81. The Kier molecular flexibility index (Phi) is 4.15. The highest BCUT2D eigenvalue weighted by Crippen LogP contribution is 2.16. The second-order valence-corrected chi connectivity index (χ2v) is 4.95. The molecule has 0 aliphatic carbocycles. The number of rotatable bonds is 4. The van der Waals surface area contributed by atoms with E-state index in [1.165, 1.54) is 0 Å². The van der Waals surface area contributed by atoms with Gasteiger partial charge in [0.25, 0.3) is 5.91 Å². The van der Waals surface area contributed by atoms with Gasteiger partial charge in [-0.25, -0.2) is 0 Å². The van der Waals surface area contributed by atoms with E-state index in [4.69, 9.17) is 11.6 Å². The van der Waals surface area contributed by atoms with Crippen LogP contribution in [0.4, 0.5) is 0 Å². The molecule has 0 radical (unpaired) electrons. The van der Waals surface area contributed by atoms with Crippen LogP contribution >= 0.6 is 11.6 Å². The number of amides is 1. The molecule has 0 spiro atoms. The highest BCUT2D eigenvalue weighted by molar-refractivity contribution is 6.20. The maximum absolute atomic E-state index is 12.1. The molecule has 1 aromatic carbocycles. The van der Waals surface area contributed by atoms with Gasteiger partial charge < -0.3 is 5.32 Å². The standard InChI is InChI=1S/C14H15ClN2O/c1-10(15)7-9-17-14(18)12-4-2-6-13-11(12)5-3-8-16-13/h2-6,8,10H,7,9H2,1H3,(H,17,18). The minimum atomic E-state index is -0.0779. The van der Waals surface area contributed by atoms with Crippen LogP contribution in [0, 0.1) is 0 Å². The average Bonchev–Trinajstić information content (AvgIpc) is 2.37. The van der Waals surface area contributed by atoms with Crippen LogP contribution in [0.2, 0.25) is 0 Å². The lowest BCUT2D eigenvalue weighted by molar-refractivity contribution is 0.0955. The van der Waals surface area contributed by atoms with Crippen LogP contribution in [0.5, 0.6) is 0 Å². The summed E-state index contributed by atoms with van der Waals surface area (Å²) in [6.45, 7) is 2.50. The molecule has 1 atom stereocenters. The summed E-state index contributed by atoms with van der Waals surface area (Å²) in [6.07, 6.45) is 2.48. The van der Waals surface area contributed by atoms with Gasteiger partial charge in [0.1, 0.15) is 0 Å². The van der Waals surface area contributed by atoms with Crippen LogP contribution in [0.15, 0.2) is 36.5 Å². The molecular formula is C14H15ClN2O. The Morgan fingerprint density at radius 3 is 3.00 bits per heavy atom. The molecule has 0 saturated carbocycles. The predicted molar refractivity (Wildman–Crippen MR) is 74.0 cm³/mol. The van der Waals surface area contributed by atoms with E-state index in [0.717, 1.165) is 17.3 Å². The minimum Gasteiger partial charge on any atom is -0.352 e. The van der Waals surface area contributed by atoms with Crippen molar-refractivity contribution in [1.29, 1.82) is 0 Å². The topological polar surface area (TPSA) is 42.0 Å². The van der Waals surface area contributed by atoms with E-state index in [9.17, 15) is 4.79 Å². The molecule has 4 heteroatoms. The van der Waals surface area contributed by atoms with Crippen molar-refractivity contribution in [2.75, 3.05) is 6.54 Å². The fourth-order valence-corrected chi connectivity index (χ4v) is 1.89. The van der Waals surface area contributed by atoms with Crippen LogP contribution in [0.3, 0.4) is 0 Å². The lowest BCUT2D eigenvalue weighted by Crippen LogP contribution is -2.25. The molecular weight excluding hydrogens is 248 g/mol. The Morgan fingerprint density at radius 2 is 2.22 bits per heavy atom. The van der Waals surface area contributed by atoms with Crippen molar-refractivity contribution in [1.82, 2.24) is 10.3 Å². The Morgan fingerprint density at radius 1 is 1.39 bits per heavy atom. The number of fused-ring (bicyclic) bond motifs is 1. The number of pyridine rings is 1. The normalized spacial score (nSPS) is 12.3. The molecule has 0 aliphatic heterocycles. The zero-order chi connectivity index (χ0) is 13.0. The summed E-state index contributed by atoms with van der Waals surface area (Å²) in [5.41, 5.74) is 1.48. The summed E-state index contributed by atoms with van der Waals surface area (Å²) < 4.78 is 0. The van der Waals surface area contributed by atoms with Crippen molar-refractivity contribution < 1.29 is 4.79 Å². The molecule has 0 fully saturated rings. The van der Waals surface area contributed by atoms with Gasteiger partial charge in [-0.2, -0.15) is 0 Å². The van der Waals surface area contributed by atoms with Gasteiger partial charge in [0.15, 0.2) is 0 Å².